The monoisotopic (exact) mass is 488 g/mol. The first-order valence-corrected chi connectivity index (χ1v) is 12.5. The van der Waals surface area contributed by atoms with Gasteiger partial charge in [0.15, 0.2) is 0 Å². The number of carboxylic acids is 1. The molecule has 1 atom stereocenters. The van der Waals surface area contributed by atoms with Crippen LogP contribution < -0.4 is 5.32 Å². The molecule has 1 rings (SSSR count). The van der Waals surface area contributed by atoms with E-state index >= 15 is 0 Å². The van der Waals surface area contributed by atoms with E-state index in [0.29, 0.717) is 11.3 Å². The molecule has 0 fully saturated rings. The lowest BCUT2D eigenvalue weighted by molar-refractivity contribution is -0.141. The number of aromatic hydroxyl groups is 1. The molecule has 0 radical (unpaired) electrons. The number of phenols is 1. The zero-order chi connectivity index (χ0) is 25.5. The van der Waals surface area contributed by atoms with Crippen LogP contribution in [0.4, 0.5) is 5.69 Å². The molecule has 0 saturated carbocycles. The van der Waals surface area contributed by atoms with Crippen LogP contribution >= 0.6 is 11.8 Å². The first kappa shape index (κ1) is 29.2. The number of allylic oxidation sites excluding steroid dienone is 5. The maximum Gasteiger partial charge on any atom is 0.327 e. The fourth-order valence-electron chi connectivity index (χ4n) is 3.08. The Bertz CT molecular complexity index is 933. The second-order valence-corrected chi connectivity index (χ2v) is 9.62. The Morgan fingerprint density at radius 1 is 1.06 bits per heavy atom. The summed E-state index contributed by atoms with van der Waals surface area (Å²) >= 11 is 1.44. The summed E-state index contributed by atoms with van der Waals surface area (Å²) in [5.41, 5.74) is 4.29. The number of hydrogen-bond donors (Lipinski definition) is 3. The van der Waals surface area contributed by atoms with Gasteiger partial charge in [0.2, 0.25) is 5.91 Å². The van der Waals surface area contributed by atoms with Crippen molar-refractivity contribution in [2.75, 3.05) is 11.5 Å². The molecule has 0 bridgehead atoms. The molecule has 1 aromatic carbocycles. The van der Waals surface area contributed by atoms with Gasteiger partial charge in [-0.3, -0.25) is 4.79 Å². The SMILES string of the molecule is CC(C)=CCCC(C)=CCCC(C)=CCSCC(NC(=O)Cc1ccc(O)c(N=O)c1)C(=O)O. The molecule has 3 N–H and O–H groups in total. The van der Waals surface area contributed by atoms with Gasteiger partial charge in [-0.25, -0.2) is 4.79 Å². The molecule has 0 saturated heterocycles. The predicted molar refractivity (Wildman–Crippen MR) is 140 cm³/mol. The summed E-state index contributed by atoms with van der Waals surface area (Å²) in [5, 5.41) is 24.1. The van der Waals surface area contributed by atoms with Crippen LogP contribution in [0.3, 0.4) is 0 Å². The van der Waals surface area contributed by atoms with Crippen molar-refractivity contribution >= 4 is 29.3 Å². The number of carbonyl (C=O) groups excluding carboxylic acids is 1. The second kappa shape index (κ2) is 15.9. The van der Waals surface area contributed by atoms with Crippen LogP contribution in [0.2, 0.25) is 0 Å². The molecule has 0 aromatic heterocycles. The smallest absolute Gasteiger partial charge is 0.327 e. The van der Waals surface area contributed by atoms with Crippen LogP contribution in [-0.4, -0.2) is 39.6 Å². The number of thioether (sulfide) groups is 1. The van der Waals surface area contributed by atoms with Crippen LogP contribution in [0.1, 0.15) is 58.9 Å². The van der Waals surface area contributed by atoms with E-state index in [1.54, 1.807) is 0 Å². The number of aliphatic carboxylic acids is 1. The summed E-state index contributed by atoms with van der Waals surface area (Å²) in [4.78, 5) is 34.5. The maximum atomic E-state index is 12.2. The first-order chi connectivity index (χ1) is 16.1. The highest BCUT2D eigenvalue weighted by Gasteiger charge is 2.20. The van der Waals surface area contributed by atoms with E-state index in [1.807, 2.05) is 0 Å². The lowest BCUT2D eigenvalue weighted by Crippen LogP contribution is -2.43. The van der Waals surface area contributed by atoms with Crippen LogP contribution in [0.15, 0.2) is 58.3 Å². The van der Waals surface area contributed by atoms with E-state index in [4.69, 9.17) is 0 Å². The number of benzene rings is 1. The molecule has 1 amide bonds. The van der Waals surface area contributed by atoms with Crippen molar-refractivity contribution in [3.8, 4) is 5.75 Å². The first-order valence-electron chi connectivity index (χ1n) is 11.3. The number of phenolic OH excluding ortho intramolecular Hbond substituents is 1. The summed E-state index contributed by atoms with van der Waals surface area (Å²) in [6.07, 6.45) is 10.6. The maximum absolute atomic E-state index is 12.2. The fraction of sp³-hybridized carbons (Fsp3) is 0.462. The van der Waals surface area contributed by atoms with Crippen molar-refractivity contribution in [3.05, 3.63) is 63.6 Å². The highest BCUT2D eigenvalue weighted by atomic mass is 32.2. The average Bonchev–Trinajstić information content (AvgIpc) is 2.76. The van der Waals surface area contributed by atoms with Crippen LogP contribution in [0.5, 0.6) is 5.75 Å². The minimum Gasteiger partial charge on any atom is -0.506 e. The number of amides is 1. The molecule has 0 aliphatic rings. The zero-order valence-electron chi connectivity index (χ0n) is 20.5. The predicted octanol–water partition coefficient (Wildman–Crippen LogP) is 6.05. The number of rotatable bonds is 15. The summed E-state index contributed by atoms with van der Waals surface area (Å²) < 4.78 is 0. The van der Waals surface area contributed by atoms with Gasteiger partial charge < -0.3 is 15.5 Å². The van der Waals surface area contributed by atoms with Crippen LogP contribution in [-0.2, 0) is 16.0 Å². The minimum absolute atomic E-state index is 0.114. The van der Waals surface area contributed by atoms with Crippen molar-refractivity contribution in [1.82, 2.24) is 5.32 Å². The van der Waals surface area contributed by atoms with Gasteiger partial charge >= 0.3 is 5.97 Å². The highest BCUT2D eigenvalue weighted by Crippen LogP contribution is 2.27. The van der Waals surface area contributed by atoms with Gasteiger partial charge in [0.05, 0.1) is 6.42 Å². The molecule has 7 nitrogen and oxygen atoms in total. The van der Waals surface area contributed by atoms with E-state index in [0.717, 1.165) is 25.7 Å². The van der Waals surface area contributed by atoms with Gasteiger partial charge in [-0.05, 0) is 76.3 Å². The van der Waals surface area contributed by atoms with Gasteiger partial charge in [0, 0.05) is 11.5 Å². The standard InChI is InChI=1S/C26H36N2O5S/c1-18(2)7-5-8-19(3)9-6-10-20(4)13-14-34-17-23(26(31)32)27-25(30)16-21-11-12-24(29)22(15-21)28-33/h7,9,11-13,15,23,29H,5-6,8,10,14,16-17H2,1-4H3,(H,27,30)(H,31,32). The quantitative estimate of drug-likeness (QED) is 0.157. The summed E-state index contributed by atoms with van der Waals surface area (Å²) in [6.45, 7) is 8.45. The summed E-state index contributed by atoms with van der Waals surface area (Å²) in [6, 6.07) is 3.06. The van der Waals surface area contributed by atoms with Crippen molar-refractivity contribution in [1.29, 1.82) is 0 Å². The molecule has 1 unspecified atom stereocenters. The van der Waals surface area contributed by atoms with E-state index in [9.17, 15) is 24.7 Å². The lowest BCUT2D eigenvalue weighted by atomic mass is 10.1. The summed E-state index contributed by atoms with van der Waals surface area (Å²) in [5.74, 6) is -0.940. The molecular formula is C26H36N2O5S. The Kier molecular flexibility index (Phi) is 13.6. The van der Waals surface area contributed by atoms with Gasteiger partial charge in [-0.15, -0.1) is 4.91 Å². The highest BCUT2D eigenvalue weighted by molar-refractivity contribution is 7.99. The molecular weight excluding hydrogens is 452 g/mol. The molecule has 34 heavy (non-hydrogen) atoms. The van der Waals surface area contributed by atoms with Crippen molar-refractivity contribution in [3.63, 3.8) is 0 Å². The third-order valence-corrected chi connectivity index (χ3v) is 6.06. The Balaban J connectivity index is 2.43. The van der Waals surface area contributed by atoms with Gasteiger partial charge in [-0.2, -0.15) is 11.8 Å². The minimum atomic E-state index is -1.10. The third kappa shape index (κ3) is 12.4. The zero-order valence-corrected chi connectivity index (χ0v) is 21.3. The average molecular weight is 489 g/mol. The van der Waals surface area contributed by atoms with Gasteiger partial charge in [-0.1, -0.05) is 41.0 Å². The number of carbonyl (C=O) groups is 2. The Morgan fingerprint density at radius 2 is 1.71 bits per heavy atom. The van der Waals surface area contributed by atoms with Crippen molar-refractivity contribution < 1.29 is 19.8 Å². The van der Waals surface area contributed by atoms with Crippen LogP contribution in [0, 0.1) is 4.91 Å². The number of nitrogens with one attached hydrogen (secondary N) is 1. The second-order valence-electron chi connectivity index (χ2n) is 8.55. The topological polar surface area (TPSA) is 116 Å². The van der Waals surface area contributed by atoms with Gasteiger partial charge in [0.25, 0.3) is 0 Å². The van der Waals surface area contributed by atoms with E-state index < -0.39 is 17.9 Å². The fourth-order valence-corrected chi connectivity index (χ4v) is 4.08. The number of carboxylic acid groups (broad SMARTS) is 1. The Labute approximate surface area is 206 Å². The molecule has 0 aliphatic heterocycles. The van der Waals surface area contributed by atoms with Gasteiger partial charge in [0.1, 0.15) is 17.5 Å². The largest absolute Gasteiger partial charge is 0.506 e. The Morgan fingerprint density at radius 3 is 2.32 bits per heavy atom. The third-order valence-electron chi connectivity index (χ3n) is 5.09. The molecule has 0 spiro atoms. The normalized spacial score (nSPS) is 12.7. The molecule has 1 aromatic rings. The van der Waals surface area contributed by atoms with E-state index in [1.165, 1.54) is 46.7 Å². The van der Waals surface area contributed by atoms with Crippen molar-refractivity contribution in [2.45, 2.75) is 65.8 Å². The molecule has 186 valence electrons. The molecule has 0 aliphatic carbocycles. The van der Waals surface area contributed by atoms with Crippen molar-refractivity contribution in [2.24, 2.45) is 5.18 Å². The number of nitrogens with zero attached hydrogens (tertiary/aromatic N) is 1. The number of nitroso groups, excluding NO2 is 1. The molecule has 8 heteroatoms. The Hall–Kier alpha value is -2.87. The lowest BCUT2D eigenvalue weighted by Gasteiger charge is -2.14. The van der Waals surface area contributed by atoms with E-state index in [2.05, 4.69) is 56.4 Å². The van der Waals surface area contributed by atoms with E-state index in [-0.39, 0.29) is 23.6 Å². The molecule has 0 heterocycles. The van der Waals surface area contributed by atoms with Crippen LogP contribution in [0.25, 0.3) is 0 Å². The number of hydrogen-bond acceptors (Lipinski definition) is 6. The summed E-state index contributed by atoms with van der Waals surface area (Å²) in [7, 11) is 0.